The van der Waals surface area contributed by atoms with Crippen molar-refractivity contribution in [3.8, 4) is 0 Å². The molecule has 0 radical (unpaired) electrons. The van der Waals surface area contributed by atoms with Gasteiger partial charge in [-0.05, 0) is 55.5 Å². The molecule has 1 amide bonds. The second-order valence-corrected chi connectivity index (χ2v) is 8.86. The first-order chi connectivity index (χ1) is 14.4. The van der Waals surface area contributed by atoms with E-state index in [2.05, 4.69) is 0 Å². The van der Waals surface area contributed by atoms with Crippen molar-refractivity contribution >= 4 is 21.6 Å². The summed E-state index contributed by atoms with van der Waals surface area (Å²) >= 11 is 0. The maximum Gasteiger partial charge on any atom is 0.258 e. The van der Waals surface area contributed by atoms with Crippen LogP contribution in [0.4, 0.5) is 5.69 Å². The van der Waals surface area contributed by atoms with E-state index >= 15 is 0 Å². The molecule has 0 saturated carbocycles. The Bertz CT molecular complexity index is 1070. The van der Waals surface area contributed by atoms with E-state index in [4.69, 9.17) is 4.42 Å². The fourth-order valence-corrected chi connectivity index (χ4v) is 4.66. The summed E-state index contributed by atoms with van der Waals surface area (Å²) in [6, 6.07) is 17.3. The molecule has 0 fully saturated rings. The summed E-state index contributed by atoms with van der Waals surface area (Å²) in [7, 11) is -3.57. The Kier molecular flexibility index (Phi) is 6.74. The number of hydrogen-bond acceptors (Lipinski definition) is 4. The van der Waals surface area contributed by atoms with Gasteiger partial charge in [0.25, 0.3) is 5.91 Å². The van der Waals surface area contributed by atoms with Crippen molar-refractivity contribution in [2.24, 2.45) is 0 Å². The molecule has 3 rings (SSSR count). The summed E-state index contributed by atoms with van der Waals surface area (Å²) in [5.41, 5.74) is 2.23. The van der Waals surface area contributed by atoms with E-state index in [1.54, 1.807) is 43.2 Å². The molecule has 0 saturated heterocycles. The molecule has 3 aromatic rings. The number of aryl methyl sites for hydroxylation is 1. The van der Waals surface area contributed by atoms with Crippen molar-refractivity contribution < 1.29 is 17.6 Å². The Hall–Kier alpha value is -2.90. The smallest absolute Gasteiger partial charge is 0.258 e. The highest BCUT2D eigenvalue weighted by Crippen LogP contribution is 2.23. The molecule has 6 nitrogen and oxygen atoms in total. The van der Waals surface area contributed by atoms with Crippen LogP contribution in [0.25, 0.3) is 0 Å². The van der Waals surface area contributed by atoms with E-state index in [9.17, 15) is 13.2 Å². The lowest BCUT2D eigenvalue weighted by Gasteiger charge is -2.23. The van der Waals surface area contributed by atoms with Gasteiger partial charge in [0, 0.05) is 24.3 Å². The maximum absolute atomic E-state index is 13.3. The number of carbonyl (C=O) groups excluding carboxylic acids is 1. The molecular formula is C23H26N2O4S. The standard InChI is InChI=1S/C23H26N2O4S/c1-4-24(5-2)30(27,28)22-14-10-19(11-15-22)23(26)25(17-21-7-6-16-29-21)20-12-8-18(3)9-13-20/h6-16H,4-5,17H2,1-3H3. The fraction of sp³-hybridized carbons (Fsp3) is 0.261. The summed E-state index contributed by atoms with van der Waals surface area (Å²) in [6.07, 6.45) is 1.57. The predicted molar refractivity (Wildman–Crippen MR) is 117 cm³/mol. The van der Waals surface area contributed by atoms with E-state index in [1.807, 2.05) is 37.3 Å². The first-order valence-electron chi connectivity index (χ1n) is 9.88. The summed E-state index contributed by atoms with van der Waals surface area (Å²) in [5.74, 6) is 0.423. The molecule has 0 bridgehead atoms. The molecule has 1 aromatic heterocycles. The molecule has 0 atom stereocenters. The van der Waals surface area contributed by atoms with Crippen LogP contribution >= 0.6 is 0 Å². The number of benzene rings is 2. The minimum atomic E-state index is -3.57. The van der Waals surface area contributed by atoms with E-state index < -0.39 is 10.0 Å². The quantitative estimate of drug-likeness (QED) is 0.533. The van der Waals surface area contributed by atoms with Gasteiger partial charge in [-0.25, -0.2) is 8.42 Å². The second-order valence-electron chi connectivity index (χ2n) is 6.92. The Labute approximate surface area is 177 Å². The molecule has 0 aliphatic carbocycles. The minimum Gasteiger partial charge on any atom is -0.467 e. The first-order valence-corrected chi connectivity index (χ1v) is 11.3. The molecule has 0 aliphatic rings. The number of amides is 1. The van der Waals surface area contributed by atoms with Gasteiger partial charge in [-0.3, -0.25) is 4.79 Å². The minimum absolute atomic E-state index is 0.177. The lowest BCUT2D eigenvalue weighted by molar-refractivity contribution is 0.0983. The van der Waals surface area contributed by atoms with Gasteiger partial charge in [0.15, 0.2) is 0 Å². The number of anilines is 1. The third-order valence-electron chi connectivity index (χ3n) is 4.93. The molecule has 0 unspecified atom stereocenters. The molecule has 0 aliphatic heterocycles. The van der Waals surface area contributed by atoms with Crippen molar-refractivity contribution in [2.75, 3.05) is 18.0 Å². The zero-order valence-electron chi connectivity index (χ0n) is 17.4. The highest BCUT2D eigenvalue weighted by atomic mass is 32.2. The van der Waals surface area contributed by atoms with Gasteiger partial charge in [0.05, 0.1) is 17.7 Å². The normalized spacial score (nSPS) is 11.6. The van der Waals surface area contributed by atoms with Gasteiger partial charge < -0.3 is 9.32 Å². The van der Waals surface area contributed by atoms with E-state index in [-0.39, 0.29) is 17.3 Å². The zero-order valence-corrected chi connectivity index (χ0v) is 18.2. The average molecular weight is 427 g/mol. The van der Waals surface area contributed by atoms with Crippen LogP contribution in [0, 0.1) is 6.92 Å². The predicted octanol–water partition coefficient (Wildman–Crippen LogP) is 4.47. The Morgan fingerprint density at radius 2 is 1.57 bits per heavy atom. The molecular weight excluding hydrogens is 400 g/mol. The van der Waals surface area contributed by atoms with Crippen LogP contribution in [-0.4, -0.2) is 31.7 Å². The summed E-state index contributed by atoms with van der Waals surface area (Å²) in [5, 5.41) is 0. The van der Waals surface area contributed by atoms with Crippen molar-refractivity contribution in [2.45, 2.75) is 32.2 Å². The Balaban J connectivity index is 1.91. The topological polar surface area (TPSA) is 70.8 Å². The van der Waals surface area contributed by atoms with E-state index in [0.717, 1.165) is 11.3 Å². The number of nitrogens with zero attached hydrogens (tertiary/aromatic N) is 2. The number of rotatable bonds is 8. The van der Waals surface area contributed by atoms with Crippen molar-refractivity contribution in [1.82, 2.24) is 4.31 Å². The summed E-state index contributed by atoms with van der Waals surface area (Å²) in [4.78, 5) is 15.1. The summed E-state index contributed by atoms with van der Waals surface area (Å²) in [6.45, 7) is 6.64. The third-order valence-corrected chi connectivity index (χ3v) is 6.99. The van der Waals surface area contributed by atoms with Crippen LogP contribution in [0.3, 0.4) is 0 Å². The maximum atomic E-state index is 13.3. The number of furan rings is 1. The average Bonchev–Trinajstić information content (AvgIpc) is 3.26. The van der Waals surface area contributed by atoms with Crippen LogP contribution in [0.2, 0.25) is 0 Å². The largest absolute Gasteiger partial charge is 0.467 e. The zero-order chi connectivity index (χ0) is 21.7. The van der Waals surface area contributed by atoms with Crippen molar-refractivity contribution in [3.63, 3.8) is 0 Å². The van der Waals surface area contributed by atoms with Crippen LogP contribution < -0.4 is 4.90 Å². The van der Waals surface area contributed by atoms with Gasteiger partial charge in [-0.2, -0.15) is 4.31 Å². The molecule has 0 spiro atoms. The highest BCUT2D eigenvalue weighted by molar-refractivity contribution is 7.89. The van der Waals surface area contributed by atoms with E-state index in [1.165, 1.54) is 16.4 Å². The van der Waals surface area contributed by atoms with Crippen LogP contribution in [0.15, 0.2) is 76.2 Å². The van der Waals surface area contributed by atoms with Crippen molar-refractivity contribution in [1.29, 1.82) is 0 Å². The molecule has 158 valence electrons. The fourth-order valence-electron chi connectivity index (χ4n) is 3.20. The lowest BCUT2D eigenvalue weighted by Crippen LogP contribution is -2.31. The molecule has 2 aromatic carbocycles. The van der Waals surface area contributed by atoms with E-state index in [0.29, 0.717) is 24.4 Å². The van der Waals surface area contributed by atoms with Crippen molar-refractivity contribution in [3.05, 3.63) is 83.8 Å². The molecule has 0 N–H and O–H groups in total. The second kappa shape index (κ2) is 9.28. The van der Waals surface area contributed by atoms with Gasteiger partial charge >= 0.3 is 0 Å². The SMILES string of the molecule is CCN(CC)S(=O)(=O)c1ccc(C(=O)N(Cc2ccco2)c2ccc(C)cc2)cc1. The van der Waals surface area contributed by atoms with Gasteiger partial charge in [-0.15, -0.1) is 0 Å². The molecule has 1 heterocycles. The number of sulfonamides is 1. The van der Waals surface area contributed by atoms with Crippen LogP contribution in [0.5, 0.6) is 0 Å². The molecule has 30 heavy (non-hydrogen) atoms. The third kappa shape index (κ3) is 4.63. The lowest BCUT2D eigenvalue weighted by atomic mass is 10.1. The van der Waals surface area contributed by atoms with Crippen LogP contribution in [-0.2, 0) is 16.6 Å². The summed E-state index contributed by atoms with van der Waals surface area (Å²) < 4.78 is 32.2. The molecule has 7 heteroatoms. The first kappa shape index (κ1) is 21.8. The number of carbonyl (C=O) groups is 1. The Morgan fingerprint density at radius 3 is 2.10 bits per heavy atom. The van der Waals surface area contributed by atoms with Gasteiger partial charge in [0.2, 0.25) is 10.0 Å². The van der Waals surface area contributed by atoms with Gasteiger partial charge in [0.1, 0.15) is 5.76 Å². The monoisotopic (exact) mass is 426 g/mol. The van der Waals surface area contributed by atoms with Gasteiger partial charge in [-0.1, -0.05) is 31.5 Å². The highest BCUT2D eigenvalue weighted by Gasteiger charge is 2.23. The number of hydrogen-bond donors (Lipinski definition) is 0. The van der Waals surface area contributed by atoms with Crippen LogP contribution in [0.1, 0.15) is 35.5 Å². The Morgan fingerprint density at radius 1 is 0.933 bits per heavy atom.